The number of likely N-dealkylation sites (N-methyl/N-ethyl adjacent to an activating group) is 1. The van der Waals surface area contributed by atoms with E-state index in [1.807, 2.05) is 42.3 Å². The fourth-order valence-corrected chi connectivity index (χ4v) is 3.92. The third kappa shape index (κ3) is 2.72. The van der Waals surface area contributed by atoms with E-state index in [1.165, 1.54) is 0 Å². The van der Waals surface area contributed by atoms with Gasteiger partial charge in [0.2, 0.25) is 4.33 Å². The van der Waals surface area contributed by atoms with Gasteiger partial charge in [-0.25, -0.2) is 4.79 Å². The first-order chi connectivity index (χ1) is 10.5. The van der Waals surface area contributed by atoms with Gasteiger partial charge < -0.3 is 9.64 Å². The van der Waals surface area contributed by atoms with Crippen molar-refractivity contribution in [1.82, 2.24) is 0 Å². The molecule has 5 heteroatoms. The lowest BCUT2D eigenvalue weighted by molar-refractivity contribution is -0.142. The van der Waals surface area contributed by atoms with Crippen molar-refractivity contribution >= 4 is 34.9 Å². The third-order valence-electron chi connectivity index (χ3n) is 4.42. The SMILES string of the molecule is CN(c1ccccc1)C1C2=C(CCCCC2)OC(=O)C1(Cl)Cl. The van der Waals surface area contributed by atoms with Crippen LogP contribution in [-0.4, -0.2) is 23.4 Å². The molecule has 0 fully saturated rings. The summed E-state index contributed by atoms with van der Waals surface area (Å²) in [4.78, 5) is 14.3. The highest BCUT2D eigenvalue weighted by atomic mass is 35.5. The van der Waals surface area contributed by atoms with Crippen molar-refractivity contribution in [3.8, 4) is 0 Å². The molecular weight excluding hydrogens is 321 g/mol. The number of benzene rings is 1. The van der Waals surface area contributed by atoms with Crippen molar-refractivity contribution in [2.75, 3.05) is 11.9 Å². The van der Waals surface area contributed by atoms with E-state index >= 15 is 0 Å². The van der Waals surface area contributed by atoms with Crippen LogP contribution >= 0.6 is 23.2 Å². The summed E-state index contributed by atoms with van der Waals surface area (Å²) in [6.45, 7) is 0. The van der Waals surface area contributed by atoms with Gasteiger partial charge >= 0.3 is 5.97 Å². The van der Waals surface area contributed by atoms with E-state index in [1.54, 1.807) is 0 Å². The Morgan fingerprint density at radius 3 is 2.55 bits per heavy atom. The lowest BCUT2D eigenvalue weighted by Gasteiger charge is -2.41. The zero-order valence-electron chi connectivity index (χ0n) is 12.5. The molecule has 0 spiro atoms. The average molecular weight is 340 g/mol. The molecule has 0 radical (unpaired) electrons. The Morgan fingerprint density at radius 1 is 1.14 bits per heavy atom. The topological polar surface area (TPSA) is 29.5 Å². The summed E-state index contributed by atoms with van der Waals surface area (Å²) in [6.07, 6.45) is 4.88. The van der Waals surface area contributed by atoms with E-state index in [9.17, 15) is 4.79 Å². The van der Waals surface area contributed by atoms with E-state index in [2.05, 4.69) is 0 Å². The van der Waals surface area contributed by atoms with Crippen LogP contribution in [0.25, 0.3) is 0 Å². The minimum atomic E-state index is -1.59. The molecule has 1 aromatic rings. The fourth-order valence-electron chi connectivity index (χ4n) is 3.28. The fraction of sp³-hybridized carbons (Fsp3) is 0.471. The number of allylic oxidation sites excluding steroid dienone is 1. The first-order valence-electron chi connectivity index (χ1n) is 7.61. The molecule has 0 aromatic heterocycles. The van der Waals surface area contributed by atoms with Gasteiger partial charge in [0.1, 0.15) is 5.76 Å². The van der Waals surface area contributed by atoms with E-state index in [0.717, 1.165) is 49.1 Å². The van der Waals surface area contributed by atoms with Crippen LogP contribution in [0.15, 0.2) is 41.7 Å². The number of esters is 1. The molecular formula is C17H19Cl2NO2. The van der Waals surface area contributed by atoms with E-state index < -0.39 is 16.3 Å². The minimum absolute atomic E-state index is 0.396. The zero-order chi connectivity index (χ0) is 15.7. The second-order valence-electron chi connectivity index (χ2n) is 5.87. The molecule has 3 rings (SSSR count). The first kappa shape index (κ1) is 15.7. The monoisotopic (exact) mass is 339 g/mol. The molecule has 118 valence electrons. The van der Waals surface area contributed by atoms with Crippen molar-refractivity contribution < 1.29 is 9.53 Å². The van der Waals surface area contributed by atoms with Gasteiger partial charge in [0, 0.05) is 19.2 Å². The minimum Gasteiger partial charge on any atom is -0.429 e. The highest BCUT2D eigenvalue weighted by molar-refractivity contribution is 6.58. The highest BCUT2D eigenvalue weighted by Gasteiger charge is 2.52. The molecule has 0 saturated carbocycles. The standard InChI is InChI=1S/C17H19Cl2NO2/c1-20(12-8-4-2-5-9-12)15-13-10-6-3-7-11-14(13)22-16(21)17(15,18)19/h2,4-5,8-9,15H,3,6-7,10-11H2,1H3. The number of alkyl halides is 2. The molecule has 0 N–H and O–H groups in total. The molecule has 0 bridgehead atoms. The number of carbonyl (C=O) groups excluding carboxylic acids is 1. The second-order valence-corrected chi connectivity index (χ2v) is 7.26. The maximum Gasteiger partial charge on any atom is 0.350 e. The number of para-hydroxylation sites is 1. The van der Waals surface area contributed by atoms with E-state index in [0.29, 0.717) is 0 Å². The molecule has 3 nitrogen and oxygen atoms in total. The Bertz CT molecular complexity index is 598. The molecule has 1 atom stereocenters. The Hall–Kier alpha value is -1.19. The predicted octanol–water partition coefficient (Wildman–Crippen LogP) is 4.44. The summed E-state index contributed by atoms with van der Waals surface area (Å²) in [5.41, 5.74) is 2.04. The maximum atomic E-state index is 12.3. The van der Waals surface area contributed by atoms with E-state index in [-0.39, 0.29) is 0 Å². The molecule has 2 aliphatic rings. The van der Waals surface area contributed by atoms with E-state index in [4.69, 9.17) is 27.9 Å². The van der Waals surface area contributed by atoms with Crippen molar-refractivity contribution in [2.45, 2.75) is 42.5 Å². The number of carbonyl (C=O) groups is 1. The quantitative estimate of drug-likeness (QED) is 0.589. The Labute approximate surface area is 140 Å². The van der Waals surface area contributed by atoms with Gasteiger partial charge in [-0.1, -0.05) is 47.8 Å². The lowest BCUT2D eigenvalue weighted by atomic mass is 9.93. The molecule has 1 aromatic carbocycles. The van der Waals surface area contributed by atoms with Gasteiger partial charge in [-0.2, -0.15) is 0 Å². The number of hydrogen-bond donors (Lipinski definition) is 0. The second kappa shape index (κ2) is 6.13. The lowest BCUT2D eigenvalue weighted by Crippen LogP contribution is -2.54. The summed E-state index contributed by atoms with van der Waals surface area (Å²) in [7, 11) is 1.92. The van der Waals surface area contributed by atoms with Gasteiger partial charge in [0.05, 0.1) is 6.04 Å². The van der Waals surface area contributed by atoms with Crippen LogP contribution in [-0.2, 0) is 9.53 Å². The highest BCUT2D eigenvalue weighted by Crippen LogP contribution is 2.44. The van der Waals surface area contributed by atoms with Gasteiger partial charge in [-0.05, 0) is 37.0 Å². The van der Waals surface area contributed by atoms with Crippen molar-refractivity contribution in [2.24, 2.45) is 0 Å². The van der Waals surface area contributed by atoms with Crippen LogP contribution in [0.2, 0.25) is 0 Å². The number of rotatable bonds is 2. The largest absolute Gasteiger partial charge is 0.429 e. The van der Waals surface area contributed by atoms with Crippen LogP contribution in [0.4, 0.5) is 5.69 Å². The summed E-state index contributed by atoms with van der Waals surface area (Å²) in [5, 5.41) is 0. The number of anilines is 1. The molecule has 1 unspecified atom stereocenters. The number of halogens is 2. The van der Waals surface area contributed by atoms with Crippen LogP contribution in [0.1, 0.15) is 32.1 Å². The number of nitrogens with zero attached hydrogens (tertiary/aromatic N) is 1. The molecule has 0 amide bonds. The van der Waals surface area contributed by atoms with Crippen molar-refractivity contribution in [3.05, 3.63) is 41.7 Å². The number of hydrogen-bond acceptors (Lipinski definition) is 3. The van der Waals surface area contributed by atoms with Crippen LogP contribution in [0, 0.1) is 0 Å². The smallest absolute Gasteiger partial charge is 0.350 e. The summed E-state index contributed by atoms with van der Waals surface area (Å²) in [6, 6.07) is 9.45. The molecule has 1 heterocycles. The van der Waals surface area contributed by atoms with Crippen LogP contribution < -0.4 is 4.90 Å². The van der Waals surface area contributed by atoms with Crippen LogP contribution in [0.3, 0.4) is 0 Å². The van der Waals surface area contributed by atoms with Crippen LogP contribution in [0.5, 0.6) is 0 Å². The Morgan fingerprint density at radius 2 is 1.82 bits per heavy atom. The average Bonchev–Trinajstić information content (AvgIpc) is 2.73. The molecule has 1 aliphatic heterocycles. The third-order valence-corrected chi connectivity index (χ3v) is 5.14. The van der Waals surface area contributed by atoms with Gasteiger partial charge in [0.25, 0.3) is 0 Å². The molecule has 0 saturated heterocycles. The first-order valence-corrected chi connectivity index (χ1v) is 8.37. The van der Waals surface area contributed by atoms with Gasteiger partial charge in [-0.3, -0.25) is 0 Å². The zero-order valence-corrected chi connectivity index (χ0v) is 14.0. The van der Waals surface area contributed by atoms with Crippen molar-refractivity contribution in [3.63, 3.8) is 0 Å². The van der Waals surface area contributed by atoms with Gasteiger partial charge in [0.15, 0.2) is 0 Å². The Kier molecular flexibility index (Phi) is 4.37. The molecule has 1 aliphatic carbocycles. The predicted molar refractivity (Wildman–Crippen MR) is 89.3 cm³/mol. The summed E-state index contributed by atoms with van der Waals surface area (Å²) >= 11 is 12.8. The Balaban J connectivity index is 2.05. The number of ether oxygens (including phenoxy) is 1. The van der Waals surface area contributed by atoms with Gasteiger partial charge in [-0.15, -0.1) is 0 Å². The maximum absolute atomic E-state index is 12.3. The molecule has 22 heavy (non-hydrogen) atoms. The summed E-state index contributed by atoms with van der Waals surface area (Å²) in [5.74, 6) is 0.205. The normalized spacial score (nSPS) is 24.3. The summed E-state index contributed by atoms with van der Waals surface area (Å²) < 4.78 is 3.86. The van der Waals surface area contributed by atoms with Crippen molar-refractivity contribution in [1.29, 1.82) is 0 Å².